The average Bonchev–Trinajstić information content (AvgIpc) is 3.11. The van der Waals surface area contributed by atoms with Gasteiger partial charge in [0.15, 0.2) is 0 Å². The summed E-state index contributed by atoms with van der Waals surface area (Å²) in [5.41, 5.74) is 0.520. The standard InChI is InChI=1S/C22H30O7/c1-11(2)7-19(24)27-17-10-22(6)18(29-22)9-15(26-14(5)23)12(3)8-16-20(17)13(4)21(25)28-16/h8,11,15-18,20H,4,7,9-10H2,1-3,5-6H3. The Morgan fingerprint density at radius 1 is 1.34 bits per heavy atom. The Labute approximate surface area is 171 Å². The number of rotatable bonds is 4. The highest BCUT2D eigenvalue weighted by molar-refractivity contribution is 5.91. The Balaban J connectivity index is 1.94. The van der Waals surface area contributed by atoms with E-state index in [-0.39, 0.29) is 29.5 Å². The SMILES string of the molecule is C=C1C(=O)OC2C=C(C)C(OC(C)=O)CC3OC3(C)CC(OC(=O)CC(C)C)C12. The molecule has 2 fully saturated rings. The van der Waals surface area contributed by atoms with Crippen molar-refractivity contribution in [3.8, 4) is 0 Å². The molecular weight excluding hydrogens is 376 g/mol. The summed E-state index contributed by atoms with van der Waals surface area (Å²) in [5, 5.41) is 0. The summed E-state index contributed by atoms with van der Waals surface area (Å²) in [5.74, 6) is -1.55. The Morgan fingerprint density at radius 2 is 2.03 bits per heavy atom. The molecule has 160 valence electrons. The second-order valence-electron chi connectivity index (χ2n) is 8.91. The molecule has 2 saturated heterocycles. The zero-order valence-electron chi connectivity index (χ0n) is 17.7. The van der Waals surface area contributed by atoms with E-state index in [1.54, 1.807) is 6.08 Å². The van der Waals surface area contributed by atoms with Gasteiger partial charge >= 0.3 is 17.9 Å². The second kappa shape index (κ2) is 7.94. The fourth-order valence-electron chi connectivity index (χ4n) is 4.23. The van der Waals surface area contributed by atoms with Gasteiger partial charge < -0.3 is 18.9 Å². The lowest BCUT2D eigenvalue weighted by atomic mass is 9.82. The van der Waals surface area contributed by atoms with Crippen LogP contribution in [0.3, 0.4) is 0 Å². The Bertz CT molecular complexity index is 752. The molecule has 0 spiro atoms. The summed E-state index contributed by atoms with van der Waals surface area (Å²) in [6, 6.07) is 0. The number of esters is 3. The van der Waals surface area contributed by atoms with E-state index < -0.39 is 35.8 Å². The predicted molar refractivity (Wildman–Crippen MR) is 104 cm³/mol. The summed E-state index contributed by atoms with van der Waals surface area (Å²) in [7, 11) is 0. The predicted octanol–water partition coefficient (Wildman–Crippen LogP) is 2.87. The molecule has 0 saturated carbocycles. The molecule has 2 heterocycles. The van der Waals surface area contributed by atoms with Gasteiger partial charge in [-0.25, -0.2) is 4.79 Å². The number of hydrogen-bond donors (Lipinski definition) is 0. The van der Waals surface area contributed by atoms with Crippen LogP contribution in [0, 0.1) is 11.8 Å². The first-order chi connectivity index (χ1) is 13.5. The summed E-state index contributed by atoms with van der Waals surface area (Å²) >= 11 is 0. The van der Waals surface area contributed by atoms with Crippen molar-refractivity contribution < 1.29 is 33.3 Å². The number of fused-ring (bicyclic) bond motifs is 2. The Hall–Kier alpha value is -2.15. The van der Waals surface area contributed by atoms with Gasteiger partial charge in [0.1, 0.15) is 18.3 Å². The van der Waals surface area contributed by atoms with Gasteiger partial charge in [-0.2, -0.15) is 0 Å². The summed E-state index contributed by atoms with van der Waals surface area (Å²) in [6.07, 6.45) is 1.16. The molecule has 0 amide bonds. The molecule has 0 N–H and O–H groups in total. The highest BCUT2D eigenvalue weighted by atomic mass is 16.6. The maximum absolute atomic E-state index is 12.4. The molecule has 7 nitrogen and oxygen atoms in total. The van der Waals surface area contributed by atoms with Gasteiger partial charge in [-0.3, -0.25) is 9.59 Å². The van der Waals surface area contributed by atoms with E-state index in [1.807, 2.05) is 27.7 Å². The van der Waals surface area contributed by atoms with Crippen molar-refractivity contribution in [1.82, 2.24) is 0 Å². The molecule has 0 aromatic carbocycles. The molecule has 0 radical (unpaired) electrons. The first kappa shape index (κ1) is 21.6. The molecule has 0 bridgehead atoms. The minimum Gasteiger partial charge on any atom is -0.461 e. The van der Waals surface area contributed by atoms with E-state index >= 15 is 0 Å². The average molecular weight is 406 g/mol. The molecule has 0 aromatic rings. The molecule has 2 aliphatic heterocycles. The molecule has 1 aliphatic carbocycles. The van der Waals surface area contributed by atoms with Crippen molar-refractivity contribution in [2.45, 2.75) is 83.9 Å². The monoisotopic (exact) mass is 406 g/mol. The zero-order valence-corrected chi connectivity index (χ0v) is 17.7. The smallest absolute Gasteiger partial charge is 0.334 e. The molecule has 7 heteroatoms. The van der Waals surface area contributed by atoms with Gasteiger partial charge in [0.05, 0.1) is 17.6 Å². The molecule has 6 unspecified atom stereocenters. The Morgan fingerprint density at radius 3 is 2.66 bits per heavy atom. The summed E-state index contributed by atoms with van der Waals surface area (Å²) in [4.78, 5) is 36.3. The van der Waals surface area contributed by atoms with Crippen molar-refractivity contribution in [1.29, 1.82) is 0 Å². The van der Waals surface area contributed by atoms with Crippen molar-refractivity contribution >= 4 is 17.9 Å². The van der Waals surface area contributed by atoms with E-state index in [1.165, 1.54) is 6.92 Å². The van der Waals surface area contributed by atoms with E-state index in [9.17, 15) is 14.4 Å². The fourth-order valence-corrected chi connectivity index (χ4v) is 4.23. The minimum absolute atomic E-state index is 0.135. The third-order valence-electron chi connectivity index (χ3n) is 5.83. The van der Waals surface area contributed by atoms with Crippen LogP contribution in [-0.2, 0) is 33.3 Å². The minimum atomic E-state index is -0.635. The number of epoxide rings is 1. The first-order valence-corrected chi connectivity index (χ1v) is 10.1. The lowest BCUT2D eigenvalue weighted by molar-refractivity contribution is -0.154. The molecule has 6 atom stereocenters. The number of carbonyl (C=O) groups excluding carboxylic acids is 3. The maximum atomic E-state index is 12.4. The van der Waals surface area contributed by atoms with E-state index in [0.717, 1.165) is 5.57 Å². The lowest BCUT2D eigenvalue weighted by Crippen LogP contribution is -2.38. The summed E-state index contributed by atoms with van der Waals surface area (Å²) < 4.78 is 22.8. The zero-order chi connectivity index (χ0) is 21.5. The fraction of sp³-hybridized carbons (Fsp3) is 0.682. The Kier molecular flexibility index (Phi) is 5.90. The molecule has 3 aliphatic rings. The molecule has 29 heavy (non-hydrogen) atoms. The van der Waals surface area contributed by atoms with Crippen LogP contribution >= 0.6 is 0 Å². The molecule has 3 rings (SSSR count). The van der Waals surface area contributed by atoms with Crippen LogP contribution in [0.4, 0.5) is 0 Å². The normalized spacial score (nSPS) is 36.5. The van der Waals surface area contributed by atoms with E-state index in [2.05, 4.69) is 6.58 Å². The van der Waals surface area contributed by atoms with E-state index in [0.29, 0.717) is 19.3 Å². The van der Waals surface area contributed by atoms with Crippen LogP contribution in [-0.4, -0.2) is 47.9 Å². The van der Waals surface area contributed by atoms with Gasteiger partial charge in [-0.15, -0.1) is 0 Å². The lowest BCUT2D eigenvalue weighted by Gasteiger charge is -2.29. The topological polar surface area (TPSA) is 91.4 Å². The highest BCUT2D eigenvalue weighted by Gasteiger charge is 2.58. The van der Waals surface area contributed by atoms with Gasteiger partial charge in [0.2, 0.25) is 0 Å². The molecule has 0 aromatic heterocycles. The van der Waals surface area contributed by atoms with Crippen molar-refractivity contribution in [3.05, 3.63) is 23.8 Å². The first-order valence-electron chi connectivity index (χ1n) is 10.1. The van der Waals surface area contributed by atoms with Gasteiger partial charge in [0.25, 0.3) is 0 Å². The second-order valence-corrected chi connectivity index (χ2v) is 8.91. The number of hydrogen-bond acceptors (Lipinski definition) is 7. The van der Waals surface area contributed by atoms with Crippen LogP contribution in [0.25, 0.3) is 0 Å². The van der Waals surface area contributed by atoms with Crippen LogP contribution in [0.1, 0.15) is 53.9 Å². The van der Waals surface area contributed by atoms with Crippen molar-refractivity contribution in [2.24, 2.45) is 11.8 Å². The quantitative estimate of drug-likeness (QED) is 0.233. The third kappa shape index (κ3) is 4.71. The van der Waals surface area contributed by atoms with Gasteiger partial charge in [-0.1, -0.05) is 20.4 Å². The van der Waals surface area contributed by atoms with Crippen LogP contribution < -0.4 is 0 Å². The largest absolute Gasteiger partial charge is 0.461 e. The maximum Gasteiger partial charge on any atom is 0.334 e. The van der Waals surface area contributed by atoms with Crippen molar-refractivity contribution in [3.63, 3.8) is 0 Å². The van der Waals surface area contributed by atoms with Gasteiger partial charge in [0, 0.05) is 31.8 Å². The molecular formula is C22H30O7. The van der Waals surface area contributed by atoms with Crippen LogP contribution in [0.5, 0.6) is 0 Å². The van der Waals surface area contributed by atoms with Crippen LogP contribution in [0.15, 0.2) is 23.8 Å². The third-order valence-corrected chi connectivity index (χ3v) is 5.83. The highest BCUT2D eigenvalue weighted by Crippen LogP contribution is 2.48. The number of carbonyl (C=O) groups is 3. The number of ether oxygens (including phenoxy) is 4. The van der Waals surface area contributed by atoms with Crippen LogP contribution in [0.2, 0.25) is 0 Å². The van der Waals surface area contributed by atoms with Gasteiger partial charge in [-0.05, 0) is 31.4 Å². The summed E-state index contributed by atoms with van der Waals surface area (Å²) in [6.45, 7) is 12.9. The van der Waals surface area contributed by atoms with Crippen molar-refractivity contribution in [2.75, 3.05) is 0 Å². The van der Waals surface area contributed by atoms with E-state index in [4.69, 9.17) is 18.9 Å².